The van der Waals surface area contributed by atoms with E-state index in [-0.39, 0.29) is 5.91 Å². The number of carbonyl (C=O) groups is 1. The van der Waals surface area contributed by atoms with E-state index in [9.17, 15) is 4.79 Å². The zero-order valence-corrected chi connectivity index (χ0v) is 8.54. The summed E-state index contributed by atoms with van der Waals surface area (Å²) in [6, 6.07) is 7.45. The van der Waals surface area contributed by atoms with E-state index >= 15 is 0 Å². The lowest BCUT2D eigenvalue weighted by Crippen LogP contribution is -2.23. The SMILES string of the molecule is CCNC(=O)c1ccccc1COC. The van der Waals surface area contributed by atoms with Crippen LogP contribution in [-0.2, 0) is 11.3 Å². The van der Waals surface area contributed by atoms with Gasteiger partial charge in [0.1, 0.15) is 0 Å². The van der Waals surface area contributed by atoms with Crippen LogP contribution in [0.15, 0.2) is 24.3 Å². The van der Waals surface area contributed by atoms with Crippen molar-refractivity contribution in [3.8, 4) is 0 Å². The predicted octanol–water partition coefficient (Wildman–Crippen LogP) is 1.58. The van der Waals surface area contributed by atoms with Gasteiger partial charge < -0.3 is 10.1 Å². The molecular weight excluding hydrogens is 178 g/mol. The number of carbonyl (C=O) groups excluding carboxylic acids is 1. The van der Waals surface area contributed by atoms with Gasteiger partial charge in [-0.2, -0.15) is 0 Å². The van der Waals surface area contributed by atoms with Gasteiger partial charge in [0.25, 0.3) is 5.91 Å². The van der Waals surface area contributed by atoms with Crippen LogP contribution < -0.4 is 5.32 Å². The fourth-order valence-electron chi connectivity index (χ4n) is 1.28. The number of hydrogen-bond acceptors (Lipinski definition) is 2. The van der Waals surface area contributed by atoms with Crippen molar-refractivity contribution in [3.63, 3.8) is 0 Å². The Morgan fingerprint density at radius 3 is 2.79 bits per heavy atom. The van der Waals surface area contributed by atoms with Gasteiger partial charge in [0, 0.05) is 19.2 Å². The standard InChI is InChI=1S/C11H15NO2/c1-3-12-11(13)10-7-5-4-6-9(10)8-14-2/h4-7H,3,8H2,1-2H3,(H,12,13). The molecule has 0 unspecified atom stereocenters. The fourth-order valence-corrected chi connectivity index (χ4v) is 1.28. The summed E-state index contributed by atoms with van der Waals surface area (Å²) < 4.78 is 5.02. The van der Waals surface area contributed by atoms with Crippen molar-refractivity contribution in [2.45, 2.75) is 13.5 Å². The molecule has 0 heterocycles. The van der Waals surface area contributed by atoms with Crippen LogP contribution in [0.5, 0.6) is 0 Å². The molecule has 0 saturated heterocycles. The van der Waals surface area contributed by atoms with E-state index in [0.29, 0.717) is 18.7 Å². The molecule has 0 aliphatic carbocycles. The molecule has 0 atom stereocenters. The fraction of sp³-hybridized carbons (Fsp3) is 0.364. The van der Waals surface area contributed by atoms with Crippen molar-refractivity contribution < 1.29 is 9.53 Å². The Labute approximate surface area is 84.1 Å². The molecule has 0 aliphatic rings. The molecule has 3 heteroatoms. The molecular formula is C11H15NO2. The van der Waals surface area contributed by atoms with E-state index in [2.05, 4.69) is 5.32 Å². The van der Waals surface area contributed by atoms with Crippen molar-refractivity contribution in [1.29, 1.82) is 0 Å². The van der Waals surface area contributed by atoms with Crippen LogP contribution in [0.3, 0.4) is 0 Å². The number of hydrogen-bond donors (Lipinski definition) is 1. The average molecular weight is 193 g/mol. The zero-order chi connectivity index (χ0) is 10.4. The Bertz CT molecular complexity index is 310. The van der Waals surface area contributed by atoms with Gasteiger partial charge in [0.05, 0.1) is 6.61 Å². The van der Waals surface area contributed by atoms with Gasteiger partial charge in [0.15, 0.2) is 0 Å². The summed E-state index contributed by atoms with van der Waals surface area (Å²) in [6.45, 7) is 3.00. The highest BCUT2D eigenvalue weighted by atomic mass is 16.5. The third-order valence-electron chi connectivity index (χ3n) is 1.90. The Morgan fingerprint density at radius 2 is 2.14 bits per heavy atom. The monoisotopic (exact) mass is 193 g/mol. The van der Waals surface area contributed by atoms with Gasteiger partial charge in [-0.3, -0.25) is 4.79 Å². The summed E-state index contributed by atoms with van der Waals surface area (Å²) in [7, 11) is 1.62. The molecule has 3 nitrogen and oxygen atoms in total. The quantitative estimate of drug-likeness (QED) is 0.788. The predicted molar refractivity (Wildman–Crippen MR) is 55.2 cm³/mol. The minimum atomic E-state index is -0.0415. The lowest BCUT2D eigenvalue weighted by Gasteiger charge is -2.07. The first-order valence-electron chi connectivity index (χ1n) is 4.64. The third kappa shape index (κ3) is 2.57. The normalized spacial score (nSPS) is 9.86. The minimum Gasteiger partial charge on any atom is -0.380 e. The van der Waals surface area contributed by atoms with E-state index in [4.69, 9.17) is 4.74 Å². The summed E-state index contributed by atoms with van der Waals surface area (Å²) in [4.78, 5) is 11.6. The summed E-state index contributed by atoms with van der Waals surface area (Å²) in [5, 5.41) is 2.77. The van der Waals surface area contributed by atoms with Crippen LogP contribution in [0.4, 0.5) is 0 Å². The maximum Gasteiger partial charge on any atom is 0.251 e. The number of nitrogens with one attached hydrogen (secondary N) is 1. The molecule has 1 amide bonds. The summed E-state index contributed by atoms with van der Waals surface area (Å²) in [5.41, 5.74) is 1.61. The van der Waals surface area contributed by atoms with Crippen molar-refractivity contribution in [3.05, 3.63) is 35.4 Å². The minimum absolute atomic E-state index is 0.0415. The maximum atomic E-state index is 11.6. The van der Waals surface area contributed by atoms with E-state index in [1.54, 1.807) is 13.2 Å². The molecule has 0 saturated carbocycles. The van der Waals surface area contributed by atoms with E-state index in [1.165, 1.54) is 0 Å². The first-order chi connectivity index (χ1) is 6.79. The lowest BCUT2D eigenvalue weighted by molar-refractivity contribution is 0.0951. The zero-order valence-electron chi connectivity index (χ0n) is 8.54. The van der Waals surface area contributed by atoms with Gasteiger partial charge in [0.2, 0.25) is 0 Å². The molecule has 0 radical (unpaired) electrons. The lowest BCUT2D eigenvalue weighted by atomic mass is 10.1. The van der Waals surface area contributed by atoms with E-state index in [1.807, 2.05) is 25.1 Å². The number of benzene rings is 1. The Morgan fingerprint density at radius 1 is 1.43 bits per heavy atom. The van der Waals surface area contributed by atoms with Crippen LogP contribution in [-0.4, -0.2) is 19.6 Å². The Hall–Kier alpha value is -1.35. The first-order valence-corrected chi connectivity index (χ1v) is 4.64. The first kappa shape index (κ1) is 10.7. The summed E-state index contributed by atoms with van der Waals surface area (Å²) >= 11 is 0. The van der Waals surface area contributed by atoms with Gasteiger partial charge in [-0.25, -0.2) is 0 Å². The number of rotatable bonds is 4. The second-order valence-electron chi connectivity index (χ2n) is 2.95. The number of methoxy groups -OCH3 is 1. The molecule has 0 spiro atoms. The Balaban J connectivity index is 2.88. The molecule has 1 aromatic rings. The van der Waals surface area contributed by atoms with Gasteiger partial charge >= 0.3 is 0 Å². The topological polar surface area (TPSA) is 38.3 Å². The summed E-state index contributed by atoms with van der Waals surface area (Å²) in [5.74, 6) is -0.0415. The molecule has 76 valence electrons. The van der Waals surface area contributed by atoms with Crippen LogP contribution in [0.25, 0.3) is 0 Å². The third-order valence-corrected chi connectivity index (χ3v) is 1.90. The van der Waals surface area contributed by atoms with E-state index < -0.39 is 0 Å². The summed E-state index contributed by atoms with van der Waals surface area (Å²) in [6.07, 6.45) is 0. The van der Waals surface area contributed by atoms with Crippen LogP contribution in [0.1, 0.15) is 22.8 Å². The van der Waals surface area contributed by atoms with Crippen molar-refractivity contribution in [2.24, 2.45) is 0 Å². The van der Waals surface area contributed by atoms with Crippen LogP contribution >= 0.6 is 0 Å². The van der Waals surface area contributed by atoms with Crippen LogP contribution in [0, 0.1) is 0 Å². The smallest absolute Gasteiger partial charge is 0.251 e. The van der Waals surface area contributed by atoms with Crippen LogP contribution in [0.2, 0.25) is 0 Å². The second-order valence-corrected chi connectivity index (χ2v) is 2.95. The number of ether oxygens (including phenoxy) is 1. The molecule has 0 fully saturated rings. The van der Waals surface area contributed by atoms with Gasteiger partial charge in [-0.05, 0) is 18.6 Å². The number of amides is 1. The molecule has 0 aromatic heterocycles. The molecule has 14 heavy (non-hydrogen) atoms. The van der Waals surface area contributed by atoms with Gasteiger partial charge in [-0.1, -0.05) is 18.2 Å². The molecule has 1 N–H and O–H groups in total. The molecule has 1 aromatic carbocycles. The van der Waals surface area contributed by atoms with Crippen molar-refractivity contribution in [1.82, 2.24) is 5.32 Å². The highest BCUT2D eigenvalue weighted by molar-refractivity contribution is 5.95. The van der Waals surface area contributed by atoms with Crippen molar-refractivity contribution in [2.75, 3.05) is 13.7 Å². The highest BCUT2D eigenvalue weighted by Gasteiger charge is 2.08. The largest absolute Gasteiger partial charge is 0.380 e. The Kier molecular flexibility index (Phi) is 4.13. The second kappa shape index (κ2) is 5.40. The molecule has 0 bridgehead atoms. The van der Waals surface area contributed by atoms with E-state index in [0.717, 1.165) is 5.56 Å². The maximum absolute atomic E-state index is 11.6. The van der Waals surface area contributed by atoms with Crippen molar-refractivity contribution >= 4 is 5.91 Å². The molecule has 0 aliphatic heterocycles. The van der Waals surface area contributed by atoms with Gasteiger partial charge in [-0.15, -0.1) is 0 Å². The molecule has 1 rings (SSSR count). The highest BCUT2D eigenvalue weighted by Crippen LogP contribution is 2.09. The average Bonchev–Trinajstić information content (AvgIpc) is 2.19.